The van der Waals surface area contributed by atoms with Gasteiger partial charge in [0.15, 0.2) is 0 Å². The van der Waals surface area contributed by atoms with Gasteiger partial charge >= 0.3 is 5.69 Å². The summed E-state index contributed by atoms with van der Waals surface area (Å²) in [5.41, 5.74) is 0.475. The highest BCUT2D eigenvalue weighted by molar-refractivity contribution is 5.59. The number of aromatic nitrogens is 2. The Morgan fingerprint density at radius 2 is 2.39 bits per heavy atom. The predicted octanol–water partition coefficient (Wildman–Crippen LogP) is 1.62. The molecule has 0 bridgehead atoms. The van der Waals surface area contributed by atoms with Crippen LogP contribution < -0.4 is 5.32 Å². The van der Waals surface area contributed by atoms with E-state index in [0.29, 0.717) is 18.1 Å². The third kappa shape index (κ3) is 2.61. The number of nitrogens with one attached hydrogen (secondary N) is 1. The standard InChI is InChI=1S/C11H18N4O3/c1-8-10(15(16)17)11(14(2)13-8)12-7-9-5-3-4-6-18-9/h9,12H,3-7H2,1-2H3. The minimum atomic E-state index is -0.396. The van der Waals surface area contributed by atoms with Crippen LogP contribution in [0.1, 0.15) is 25.0 Å². The summed E-state index contributed by atoms with van der Waals surface area (Å²) in [6.45, 7) is 3.00. The quantitative estimate of drug-likeness (QED) is 0.652. The zero-order chi connectivity index (χ0) is 13.1. The number of aryl methyl sites for hydroxylation is 2. The number of hydrogen-bond acceptors (Lipinski definition) is 5. The Bertz CT molecular complexity index is 438. The Balaban J connectivity index is 2.06. The van der Waals surface area contributed by atoms with Crippen molar-refractivity contribution in [2.24, 2.45) is 7.05 Å². The molecule has 18 heavy (non-hydrogen) atoms. The van der Waals surface area contributed by atoms with Gasteiger partial charge in [-0.1, -0.05) is 0 Å². The minimum Gasteiger partial charge on any atom is -0.376 e. The maximum atomic E-state index is 11.0. The number of nitro groups is 1. The lowest BCUT2D eigenvalue weighted by Crippen LogP contribution is -2.27. The second kappa shape index (κ2) is 5.34. The summed E-state index contributed by atoms with van der Waals surface area (Å²) in [7, 11) is 1.70. The highest BCUT2D eigenvalue weighted by Gasteiger charge is 2.24. The molecule has 2 heterocycles. The molecule has 1 atom stereocenters. The lowest BCUT2D eigenvalue weighted by molar-refractivity contribution is -0.384. The molecule has 0 aliphatic carbocycles. The van der Waals surface area contributed by atoms with E-state index < -0.39 is 4.92 Å². The lowest BCUT2D eigenvalue weighted by atomic mass is 10.1. The molecular weight excluding hydrogens is 236 g/mol. The van der Waals surface area contributed by atoms with Crippen molar-refractivity contribution in [3.63, 3.8) is 0 Å². The summed E-state index contributed by atoms with van der Waals surface area (Å²) in [5.74, 6) is 0.451. The van der Waals surface area contributed by atoms with Crippen LogP contribution in [0.25, 0.3) is 0 Å². The van der Waals surface area contributed by atoms with Crippen molar-refractivity contribution >= 4 is 11.5 Å². The first kappa shape index (κ1) is 12.8. The van der Waals surface area contributed by atoms with Gasteiger partial charge in [0.1, 0.15) is 5.69 Å². The van der Waals surface area contributed by atoms with Crippen LogP contribution in [0.4, 0.5) is 11.5 Å². The van der Waals surface area contributed by atoms with E-state index in [9.17, 15) is 10.1 Å². The second-order valence-electron chi connectivity index (χ2n) is 4.53. The molecule has 100 valence electrons. The SMILES string of the molecule is Cc1nn(C)c(NCC2CCCCO2)c1[N+](=O)[O-]. The largest absolute Gasteiger partial charge is 0.376 e. The smallest absolute Gasteiger partial charge is 0.333 e. The molecule has 1 N–H and O–H groups in total. The van der Waals surface area contributed by atoms with E-state index in [-0.39, 0.29) is 11.8 Å². The first-order chi connectivity index (χ1) is 8.59. The predicted molar refractivity (Wildman–Crippen MR) is 66.7 cm³/mol. The average molecular weight is 254 g/mol. The van der Waals surface area contributed by atoms with Crippen LogP contribution >= 0.6 is 0 Å². The summed E-state index contributed by atoms with van der Waals surface area (Å²) in [4.78, 5) is 10.6. The monoisotopic (exact) mass is 254 g/mol. The Labute approximate surface area is 105 Å². The van der Waals surface area contributed by atoms with Crippen LogP contribution in [-0.2, 0) is 11.8 Å². The van der Waals surface area contributed by atoms with Gasteiger partial charge in [0.2, 0.25) is 5.82 Å². The Kier molecular flexibility index (Phi) is 3.81. The van der Waals surface area contributed by atoms with Crippen molar-refractivity contribution in [1.29, 1.82) is 0 Å². The normalized spacial score (nSPS) is 19.8. The first-order valence-electron chi connectivity index (χ1n) is 6.13. The van der Waals surface area contributed by atoms with E-state index in [1.54, 1.807) is 14.0 Å². The molecule has 1 aliphatic heterocycles. The van der Waals surface area contributed by atoms with Gasteiger partial charge < -0.3 is 10.1 Å². The molecule has 1 aromatic rings. The molecule has 0 amide bonds. The summed E-state index contributed by atoms with van der Waals surface area (Å²) in [6, 6.07) is 0. The zero-order valence-electron chi connectivity index (χ0n) is 10.7. The first-order valence-corrected chi connectivity index (χ1v) is 6.13. The van der Waals surface area contributed by atoms with Crippen LogP contribution in [-0.4, -0.2) is 34.0 Å². The van der Waals surface area contributed by atoms with E-state index in [4.69, 9.17) is 4.74 Å². The molecule has 1 saturated heterocycles. The summed E-state index contributed by atoms with van der Waals surface area (Å²) < 4.78 is 7.09. The fourth-order valence-electron chi connectivity index (χ4n) is 2.24. The van der Waals surface area contributed by atoms with E-state index in [2.05, 4.69) is 10.4 Å². The molecule has 1 aliphatic rings. The fraction of sp³-hybridized carbons (Fsp3) is 0.727. The van der Waals surface area contributed by atoms with Crippen LogP contribution in [0.5, 0.6) is 0 Å². The molecule has 2 rings (SSSR count). The topological polar surface area (TPSA) is 82.2 Å². The maximum absolute atomic E-state index is 11.0. The molecule has 1 fully saturated rings. The number of anilines is 1. The zero-order valence-corrected chi connectivity index (χ0v) is 10.7. The van der Waals surface area contributed by atoms with Crippen LogP contribution in [0, 0.1) is 17.0 Å². The Morgan fingerprint density at radius 1 is 1.61 bits per heavy atom. The second-order valence-corrected chi connectivity index (χ2v) is 4.53. The molecule has 0 radical (unpaired) electrons. The van der Waals surface area contributed by atoms with Gasteiger partial charge in [-0.2, -0.15) is 5.10 Å². The van der Waals surface area contributed by atoms with Crippen LogP contribution in [0.15, 0.2) is 0 Å². The molecule has 0 spiro atoms. The maximum Gasteiger partial charge on any atom is 0.333 e. The molecular formula is C11H18N4O3. The van der Waals surface area contributed by atoms with Crippen molar-refractivity contribution in [2.45, 2.75) is 32.3 Å². The van der Waals surface area contributed by atoms with Gasteiger partial charge in [0.25, 0.3) is 0 Å². The third-order valence-corrected chi connectivity index (χ3v) is 3.14. The average Bonchev–Trinajstić information content (AvgIpc) is 2.62. The van der Waals surface area contributed by atoms with Crippen molar-refractivity contribution < 1.29 is 9.66 Å². The van der Waals surface area contributed by atoms with E-state index in [1.807, 2.05) is 0 Å². The highest BCUT2D eigenvalue weighted by Crippen LogP contribution is 2.27. The molecule has 0 aromatic carbocycles. The van der Waals surface area contributed by atoms with E-state index in [0.717, 1.165) is 25.9 Å². The number of ether oxygens (including phenoxy) is 1. The van der Waals surface area contributed by atoms with E-state index >= 15 is 0 Å². The number of hydrogen-bond donors (Lipinski definition) is 1. The van der Waals surface area contributed by atoms with Crippen molar-refractivity contribution in [3.8, 4) is 0 Å². The molecule has 0 saturated carbocycles. The van der Waals surface area contributed by atoms with Gasteiger partial charge in [-0.05, 0) is 26.2 Å². The molecule has 1 aromatic heterocycles. The van der Waals surface area contributed by atoms with Gasteiger partial charge in [0.05, 0.1) is 11.0 Å². The summed E-state index contributed by atoms with van der Waals surface area (Å²) in [5, 5.41) is 18.1. The fourth-order valence-corrected chi connectivity index (χ4v) is 2.24. The van der Waals surface area contributed by atoms with Crippen LogP contribution in [0.3, 0.4) is 0 Å². The summed E-state index contributed by atoms with van der Waals surface area (Å²) in [6.07, 6.45) is 3.38. The third-order valence-electron chi connectivity index (χ3n) is 3.14. The van der Waals surface area contributed by atoms with Gasteiger partial charge in [-0.15, -0.1) is 0 Å². The van der Waals surface area contributed by atoms with Crippen molar-refractivity contribution in [3.05, 3.63) is 15.8 Å². The van der Waals surface area contributed by atoms with Gasteiger partial charge in [0, 0.05) is 20.2 Å². The lowest BCUT2D eigenvalue weighted by Gasteiger charge is -2.22. The molecule has 1 unspecified atom stereocenters. The Hall–Kier alpha value is -1.63. The van der Waals surface area contributed by atoms with Gasteiger partial charge in [-0.25, -0.2) is 4.68 Å². The minimum absolute atomic E-state index is 0.0494. The highest BCUT2D eigenvalue weighted by atomic mass is 16.6. The summed E-state index contributed by atoms with van der Waals surface area (Å²) >= 11 is 0. The number of nitrogens with zero attached hydrogens (tertiary/aromatic N) is 3. The van der Waals surface area contributed by atoms with Gasteiger partial charge in [-0.3, -0.25) is 10.1 Å². The van der Waals surface area contributed by atoms with Crippen LogP contribution in [0.2, 0.25) is 0 Å². The number of rotatable bonds is 4. The Morgan fingerprint density at radius 3 is 3.00 bits per heavy atom. The molecule has 7 heteroatoms. The van der Waals surface area contributed by atoms with Crippen molar-refractivity contribution in [2.75, 3.05) is 18.5 Å². The van der Waals surface area contributed by atoms with E-state index in [1.165, 1.54) is 4.68 Å². The van der Waals surface area contributed by atoms with Crippen molar-refractivity contribution in [1.82, 2.24) is 9.78 Å². The molecule has 7 nitrogen and oxygen atoms in total.